The minimum absolute atomic E-state index is 0.461. The molecule has 1 aliphatic heterocycles. The summed E-state index contributed by atoms with van der Waals surface area (Å²) in [7, 11) is 2.09. The van der Waals surface area contributed by atoms with E-state index >= 15 is 0 Å². The lowest BCUT2D eigenvalue weighted by atomic mass is 9.78. The molecular weight excluding hydrogens is 172 g/mol. The summed E-state index contributed by atoms with van der Waals surface area (Å²) in [6, 6.07) is 0.648. The molecule has 0 bridgehead atoms. The summed E-state index contributed by atoms with van der Waals surface area (Å²) in [5.41, 5.74) is 0.461. The predicted octanol–water partition coefficient (Wildman–Crippen LogP) is 1.96. The van der Waals surface area contributed by atoms with Crippen LogP contribution in [0.5, 0.6) is 0 Å². The molecule has 0 amide bonds. The first-order valence-electron chi connectivity index (χ1n) is 5.85. The van der Waals surface area contributed by atoms with Crippen molar-refractivity contribution in [1.82, 2.24) is 10.2 Å². The van der Waals surface area contributed by atoms with Crippen molar-refractivity contribution in [2.75, 3.05) is 26.7 Å². The molecule has 0 radical (unpaired) electrons. The van der Waals surface area contributed by atoms with Crippen LogP contribution in [0.4, 0.5) is 0 Å². The summed E-state index contributed by atoms with van der Waals surface area (Å²) in [5.74, 6) is 0.786. The second-order valence-electron chi connectivity index (χ2n) is 5.73. The van der Waals surface area contributed by atoms with Gasteiger partial charge in [-0.3, -0.25) is 0 Å². The molecule has 0 spiro atoms. The van der Waals surface area contributed by atoms with Gasteiger partial charge in [0.15, 0.2) is 0 Å². The molecule has 2 nitrogen and oxygen atoms in total. The van der Waals surface area contributed by atoms with Crippen molar-refractivity contribution in [3.63, 3.8) is 0 Å². The van der Waals surface area contributed by atoms with Crippen molar-refractivity contribution in [3.05, 3.63) is 0 Å². The number of nitrogens with one attached hydrogen (secondary N) is 1. The van der Waals surface area contributed by atoms with Crippen LogP contribution in [0.15, 0.2) is 0 Å². The second kappa shape index (κ2) is 4.63. The SMILES string of the molecule is CNC1CN(CC(C)C)CCC1(C)C. The summed E-state index contributed by atoms with van der Waals surface area (Å²) >= 11 is 0. The van der Waals surface area contributed by atoms with Crippen molar-refractivity contribution in [2.45, 2.75) is 40.2 Å². The maximum atomic E-state index is 3.46. The summed E-state index contributed by atoms with van der Waals surface area (Å²) in [4.78, 5) is 2.59. The molecule has 0 aromatic heterocycles. The molecule has 1 aliphatic rings. The van der Waals surface area contributed by atoms with Gasteiger partial charge >= 0.3 is 0 Å². The first-order chi connectivity index (χ1) is 6.45. The van der Waals surface area contributed by atoms with Gasteiger partial charge in [0, 0.05) is 19.1 Å². The first-order valence-corrected chi connectivity index (χ1v) is 5.85. The zero-order valence-corrected chi connectivity index (χ0v) is 10.4. The molecule has 1 rings (SSSR count). The summed E-state index contributed by atoms with van der Waals surface area (Å²) in [5, 5.41) is 3.46. The average Bonchev–Trinajstić information content (AvgIpc) is 2.07. The van der Waals surface area contributed by atoms with Crippen LogP contribution in [-0.2, 0) is 0 Å². The highest BCUT2D eigenvalue weighted by Gasteiger charge is 2.34. The van der Waals surface area contributed by atoms with Gasteiger partial charge in [-0.25, -0.2) is 0 Å². The van der Waals surface area contributed by atoms with Crippen LogP contribution >= 0.6 is 0 Å². The quantitative estimate of drug-likeness (QED) is 0.746. The van der Waals surface area contributed by atoms with Gasteiger partial charge in [0.25, 0.3) is 0 Å². The molecule has 1 atom stereocenters. The lowest BCUT2D eigenvalue weighted by molar-refractivity contribution is 0.0820. The van der Waals surface area contributed by atoms with E-state index in [2.05, 4.69) is 45.0 Å². The molecule has 2 heteroatoms. The molecule has 1 saturated heterocycles. The van der Waals surface area contributed by atoms with Gasteiger partial charge in [-0.05, 0) is 31.3 Å². The van der Waals surface area contributed by atoms with E-state index in [0.29, 0.717) is 11.5 Å². The molecule has 0 saturated carbocycles. The highest BCUT2D eigenvalue weighted by atomic mass is 15.2. The van der Waals surface area contributed by atoms with E-state index in [9.17, 15) is 0 Å². The highest BCUT2D eigenvalue weighted by molar-refractivity contribution is 4.90. The first kappa shape index (κ1) is 12.0. The molecule has 0 aromatic rings. The van der Waals surface area contributed by atoms with Crippen LogP contribution in [0.3, 0.4) is 0 Å². The topological polar surface area (TPSA) is 15.3 Å². The summed E-state index contributed by atoms with van der Waals surface area (Å²) in [6.45, 7) is 13.1. The van der Waals surface area contributed by atoms with Crippen molar-refractivity contribution in [1.29, 1.82) is 0 Å². The van der Waals surface area contributed by atoms with Gasteiger partial charge in [-0.2, -0.15) is 0 Å². The van der Waals surface area contributed by atoms with E-state index in [0.717, 1.165) is 5.92 Å². The van der Waals surface area contributed by atoms with E-state index in [1.807, 2.05) is 0 Å². The predicted molar refractivity (Wildman–Crippen MR) is 62.5 cm³/mol. The van der Waals surface area contributed by atoms with Crippen LogP contribution in [0.25, 0.3) is 0 Å². The largest absolute Gasteiger partial charge is 0.315 e. The monoisotopic (exact) mass is 198 g/mol. The van der Waals surface area contributed by atoms with E-state index in [1.54, 1.807) is 0 Å². The van der Waals surface area contributed by atoms with E-state index in [-0.39, 0.29) is 0 Å². The third-order valence-electron chi connectivity index (χ3n) is 3.43. The van der Waals surface area contributed by atoms with Crippen LogP contribution in [0, 0.1) is 11.3 Å². The number of hydrogen-bond acceptors (Lipinski definition) is 2. The fourth-order valence-corrected chi connectivity index (χ4v) is 2.38. The Bertz CT molecular complexity index is 175. The minimum Gasteiger partial charge on any atom is -0.315 e. The van der Waals surface area contributed by atoms with Crippen molar-refractivity contribution in [3.8, 4) is 0 Å². The summed E-state index contributed by atoms with van der Waals surface area (Å²) in [6.07, 6.45) is 1.31. The van der Waals surface area contributed by atoms with E-state index in [1.165, 1.54) is 26.1 Å². The Morgan fingerprint density at radius 1 is 1.43 bits per heavy atom. The molecule has 0 aliphatic carbocycles. The highest BCUT2D eigenvalue weighted by Crippen LogP contribution is 2.30. The van der Waals surface area contributed by atoms with Crippen LogP contribution in [0.2, 0.25) is 0 Å². The number of rotatable bonds is 3. The smallest absolute Gasteiger partial charge is 0.0243 e. The number of likely N-dealkylation sites (N-methyl/N-ethyl adjacent to an activating group) is 1. The molecule has 84 valence electrons. The molecule has 1 unspecified atom stereocenters. The fraction of sp³-hybridized carbons (Fsp3) is 1.00. The van der Waals surface area contributed by atoms with Crippen LogP contribution < -0.4 is 5.32 Å². The van der Waals surface area contributed by atoms with Crippen molar-refractivity contribution < 1.29 is 0 Å². The molecule has 1 heterocycles. The minimum atomic E-state index is 0.461. The van der Waals surface area contributed by atoms with Gasteiger partial charge in [-0.15, -0.1) is 0 Å². The number of nitrogens with zero attached hydrogens (tertiary/aromatic N) is 1. The molecule has 1 N–H and O–H groups in total. The second-order valence-corrected chi connectivity index (χ2v) is 5.73. The third kappa shape index (κ3) is 2.96. The Morgan fingerprint density at radius 2 is 2.07 bits per heavy atom. The van der Waals surface area contributed by atoms with Crippen LogP contribution in [-0.4, -0.2) is 37.6 Å². The molecule has 1 fully saturated rings. The summed E-state index contributed by atoms with van der Waals surface area (Å²) < 4.78 is 0. The van der Waals surface area contributed by atoms with Crippen LogP contribution in [0.1, 0.15) is 34.1 Å². The lowest BCUT2D eigenvalue weighted by Crippen LogP contribution is -2.54. The Hall–Kier alpha value is -0.0800. The van der Waals surface area contributed by atoms with Gasteiger partial charge < -0.3 is 10.2 Å². The number of hydrogen-bond donors (Lipinski definition) is 1. The molecule has 0 aromatic carbocycles. The normalized spacial score (nSPS) is 28.3. The molecular formula is C12H26N2. The van der Waals surface area contributed by atoms with Gasteiger partial charge in [0.1, 0.15) is 0 Å². The maximum Gasteiger partial charge on any atom is 0.0243 e. The Morgan fingerprint density at radius 3 is 2.57 bits per heavy atom. The number of likely N-dealkylation sites (tertiary alicyclic amines) is 1. The standard InChI is InChI=1S/C12H26N2/c1-10(2)8-14-7-6-12(3,4)11(9-14)13-5/h10-11,13H,6-9H2,1-5H3. The maximum absolute atomic E-state index is 3.46. The van der Waals surface area contributed by atoms with Crippen molar-refractivity contribution >= 4 is 0 Å². The van der Waals surface area contributed by atoms with E-state index < -0.39 is 0 Å². The Kier molecular flexibility index (Phi) is 3.96. The third-order valence-corrected chi connectivity index (χ3v) is 3.43. The molecule has 14 heavy (non-hydrogen) atoms. The fourth-order valence-electron chi connectivity index (χ4n) is 2.38. The lowest BCUT2D eigenvalue weighted by Gasteiger charge is -2.44. The number of piperidine rings is 1. The zero-order chi connectivity index (χ0) is 10.8. The van der Waals surface area contributed by atoms with Crippen molar-refractivity contribution in [2.24, 2.45) is 11.3 Å². The Balaban J connectivity index is 2.49. The van der Waals surface area contributed by atoms with Gasteiger partial charge in [0.05, 0.1) is 0 Å². The zero-order valence-electron chi connectivity index (χ0n) is 10.4. The Labute approximate surface area is 89.1 Å². The average molecular weight is 198 g/mol. The van der Waals surface area contributed by atoms with E-state index in [4.69, 9.17) is 0 Å². The van der Waals surface area contributed by atoms with Gasteiger partial charge in [-0.1, -0.05) is 27.7 Å². The van der Waals surface area contributed by atoms with Gasteiger partial charge in [0.2, 0.25) is 0 Å².